The van der Waals surface area contributed by atoms with Gasteiger partial charge in [0.25, 0.3) is 5.91 Å². The second kappa shape index (κ2) is 7.41. The minimum atomic E-state index is -0.107. The zero-order chi connectivity index (χ0) is 17.8. The maximum absolute atomic E-state index is 12.8. The zero-order valence-electron chi connectivity index (χ0n) is 14.2. The van der Waals surface area contributed by atoms with Crippen LogP contribution < -0.4 is 0 Å². The van der Waals surface area contributed by atoms with Crippen LogP contribution in [0.5, 0.6) is 0 Å². The highest BCUT2D eigenvalue weighted by Crippen LogP contribution is 2.23. The number of carbonyl (C=O) groups is 1. The number of pyridine rings is 1. The summed E-state index contributed by atoms with van der Waals surface area (Å²) in [6.07, 6.45) is 6.44. The Bertz CT molecular complexity index is 869. The lowest BCUT2D eigenvalue weighted by Crippen LogP contribution is -2.42. The molecule has 0 N–H and O–H groups in total. The average molecular weight is 346 g/mol. The van der Waals surface area contributed by atoms with Gasteiger partial charge in [-0.1, -0.05) is 30.3 Å². The summed E-state index contributed by atoms with van der Waals surface area (Å²) in [5.74, 6) is 0.478. The molecule has 1 aliphatic rings. The molecule has 0 bridgehead atoms. The Labute approximate surface area is 151 Å². The maximum atomic E-state index is 12.8. The molecule has 0 unspecified atom stereocenters. The van der Waals surface area contributed by atoms with Crippen LogP contribution in [0.1, 0.15) is 22.0 Å². The number of amides is 1. The van der Waals surface area contributed by atoms with Crippen LogP contribution in [0.25, 0.3) is 11.4 Å². The Hall–Kier alpha value is -3.12. The molecule has 6 nitrogen and oxygen atoms in total. The lowest BCUT2D eigenvalue weighted by Gasteiger charge is -2.33. The number of nitrogens with zero attached hydrogens (tertiary/aromatic N) is 4. The van der Waals surface area contributed by atoms with E-state index in [-0.39, 0.29) is 12.0 Å². The predicted molar refractivity (Wildman–Crippen MR) is 96.3 cm³/mol. The zero-order valence-corrected chi connectivity index (χ0v) is 14.2. The fraction of sp³-hybridized carbons (Fsp3) is 0.200. The third-order valence-electron chi connectivity index (χ3n) is 4.34. The van der Waals surface area contributed by atoms with Crippen LogP contribution >= 0.6 is 0 Å². The summed E-state index contributed by atoms with van der Waals surface area (Å²) in [5.41, 5.74) is 2.38. The van der Waals surface area contributed by atoms with Gasteiger partial charge in [-0.15, -0.1) is 0 Å². The molecule has 2 aromatic heterocycles. The van der Waals surface area contributed by atoms with Gasteiger partial charge in [0.05, 0.1) is 18.7 Å². The van der Waals surface area contributed by atoms with Gasteiger partial charge in [0, 0.05) is 36.9 Å². The van der Waals surface area contributed by atoms with Crippen LogP contribution in [0.2, 0.25) is 0 Å². The first-order valence-corrected chi connectivity index (χ1v) is 8.49. The van der Waals surface area contributed by atoms with Crippen LogP contribution in [0.3, 0.4) is 0 Å². The summed E-state index contributed by atoms with van der Waals surface area (Å²) in [4.78, 5) is 27.3. The first kappa shape index (κ1) is 16.4. The minimum Gasteiger partial charge on any atom is -0.370 e. The molecule has 0 spiro atoms. The van der Waals surface area contributed by atoms with Crippen molar-refractivity contribution < 1.29 is 9.53 Å². The first-order chi connectivity index (χ1) is 12.8. The molecule has 1 aromatic carbocycles. The Morgan fingerprint density at radius 3 is 2.58 bits per heavy atom. The predicted octanol–water partition coefficient (Wildman–Crippen LogP) is 2.75. The van der Waals surface area contributed by atoms with E-state index in [1.54, 1.807) is 29.7 Å². The van der Waals surface area contributed by atoms with E-state index < -0.39 is 0 Å². The summed E-state index contributed by atoms with van der Waals surface area (Å²) in [5, 5.41) is 0. The molecule has 0 radical (unpaired) electrons. The van der Waals surface area contributed by atoms with Crippen LogP contribution in [-0.2, 0) is 4.74 Å². The highest BCUT2D eigenvalue weighted by atomic mass is 16.5. The first-order valence-electron chi connectivity index (χ1n) is 8.49. The molecule has 1 atom stereocenters. The largest absolute Gasteiger partial charge is 0.370 e. The van der Waals surface area contributed by atoms with Crippen molar-refractivity contribution in [3.63, 3.8) is 0 Å². The number of carbonyl (C=O) groups excluding carboxylic acids is 1. The van der Waals surface area contributed by atoms with Crippen LogP contribution in [-0.4, -0.2) is 45.5 Å². The molecule has 4 rings (SSSR count). The lowest BCUT2D eigenvalue weighted by molar-refractivity contribution is -0.0228. The molecule has 0 saturated carbocycles. The molecule has 26 heavy (non-hydrogen) atoms. The summed E-state index contributed by atoms with van der Waals surface area (Å²) in [7, 11) is 0. The lowest BCUT2D eigenvalue weighted by atomic mass is 10.1. The van der Waals surface area contributed by atoms with Crippen LogP contribution in [0.4, 0.5) is 0 Å². The van der Waals surface area contributed by atoms with Gasteiger partial charge in [0.15, 0.2) is 5.82 Å². The van der Waals surface area contributed by atoms with Crippen molar-refractivity contribution in [3.05, 3.63) is 78.4 Å². The van der Waals surface area contributed by atoms with Crippen molar-refractivity contribution in [2.24, 2.45) is 0 Å². The van der Waals surface area contributed by atoms with Crippen molar-refractivity contribution in [2.45, 2.75) is 6.10 Å². The molecular weight excluding hydrogens is 328 g/mol. The number of ether oxygens (including phenoxy) is 1. The Balaban J connectivity index is 1.48. The quantitative estimate of drug-likeness (QED) is 0.729. The maximum Gasteiger partial charge on any atom is 0.257 e. The van der Waals surface area contributed by atoms with E-state index in [4.69, 9.17) is 4.74 Å². The topological polar surface area (TPSA) is 68.2 Å². The van der Waals surface area contributed by atoms with Crippen LogP contribution in [0, 0.1) is 0 Å². The second-order valence-corrected chi connectivity index (χ2v) is 6.06. The van der Waals surface area contributed by atoms with E-state index in [0.717, 1.165) is 11.1 Å². The average Bonchev–Trinajstić information content (AvgIpc) is 2.75. The Morgan fingerprint density at radius 1 is 1.04 bits per heavy atom. The summed E-state index contributed by atoms with van der Waals surface area (Å²) in [6, 6.07) is 13.7. The third-order valence-corrected chi connectivity index (χ3v) is 4.34. The Kier molecular flexibility index (Phi) is 4.66. The number of morpholine rings is 1. The standard InChI is InChI=1S/C20H18N4O2/c25-20(17-12-22-19(23-13-17)16-7-4-8-21-11-16)24-9-10-26-18(14-24)15-5-2-1-3-6-15/h1-8,11-13,18H,9-10,14H2/t18-/m0/s1. The molecular formula is C20H18N4O2. The third kappa shape index (κ3) is 3.45. The van der Waals surface area contributed by atoms with E-state index in [2.05, 4.69) is 15.0 Å². The monoisotopic (exact) mass is 346 g/mol. The van der Waals surface area contributed by atoms with Crippen molar-refractivity contribution >= 4 is 5.91 Å². The van der Waals surface area contributed by atoms with Crippen molar-refractivity contribution in [1.82, 2.24) is 19.9 Å². The smallest absolute Gasteiger partial charge is 0.257 e. The van der Waals surface area contributed by atoms with Gasteiger partial charge in [-0.05, 0) is 17.7 Å². The normalized spacial score (nSPS) is 17.1. The van der Waals surface area contributed by atoms with Crippen molar-refractivity contribution in [1.29, 1.82) is 0 Å². The summed E-state index contributed by atoms with van der Waals surface area (Å²) in [6.45, 7) is 1.60. The molecule has 1 fully saturated rings. The van der Waals surface area contributed by atoms with Gasteiger partial charge < -0.3 is 9.64 Å². The van der Waals surface area contributed by atoms with Gasteiger partial charge >= 0.3 is 0 Å². The van der Waals surface area contributed by atoms with E-state index in [1.807, 2.05) is 42.5 Å². The highest BCUT2D eigenvalue weighted by molar-refractivity contribution is 5.93. The summed E-state index contributed by atoms with van der Waals surface area (Å²) >= 11 is 0. The van der Waals surface area contributed by atoms with Gasteiger partial charge in [-0.2, -0.15) is 0 Å². The number of benzene rings is 1. The summed E-state index contributed by atoms with van der Waals surface area (Å²) < 4.78 is 5.83. The highest BCUT2D eigenvalue weighted by Gasteiger charge is 2.26. The number of aromatic nitrogens is 3. The van der Waals surface area contributed by atoms with E-state index in [1.165, 1.54) is 0 Å². The van der Waals surface area contributed by atoms with Gasteiger partial charge in [0.2, 0.25) is 0 Å². The molecule has 1 saturated heterocycles. The Morgan fingerprint density at radius 2 is 1.85 bits per heavy atom. The second-order valence-electron chi connectivity index (χ2n) is 6.06. The number of hydrogen-bond donors (Lipinski definition) is 0. The van der Waals surface area contributed by atoms with Crippen LogP contribution in [0.15, 0.2) is 67.3 Å². The fourth-order valence-corrected chi connectivity index (χ4v) is 2.97. The SMILES string of the molecule is O=C(c1cnc(-c2cccnc2)nc1)N1CCO[C@H](c2ccccc2)C1. The van der Waals surface area contributed by atoms with Gasteiger partial charge in [-0.25, -0.2) is 9.97 Å². The fourth-order valence-electron chi connectivity index (χ4n) is 2.97. The molecule has 0 aliphatic carbocycles. The molecule has 6 heteroatoms. The molecule has 130 valence electrons. The van der Waals surface area contributed by atoms with Gasteiger partial charge in [-0.3, -0.25) is 9.78 Å². The number of rotatable bonds is 3. The minimum absolute atomic E-state index is 0.0769. The number of hydrogen-bond acceptors (Lipinski definition) is 5. The van der Waals surface area contributed by atoms with E-state index in [0.29, 0.717) is 31.1 Å². The van der Waals surface area contributed by atoms with Crippen molar-refractivity contribution in [2.75, 3.05) is 19.7 Å². The molecule has 1 aliphatic heterocycles. The van der Waals surface area contributed by atoms with Crippen molar-refractivity contribution in [3.8, 4) is 11.4 Å². The molecule has 1 amide bonds. The molecule has 3 heterocycles. The van der Waals surface area contributed by atoms with E-state index in [9.17, 15) is 4.79 Å². The molecule has 3 aromatic rings. The van der Waals surface area contributed by atoms with Gasteiger partial charge in [0.1, 0.15) is 6.10 Å². The van der Waals surface area contributed by atoms with E-state index >= 15 is 0 Å².